The quantitative estimate of drug-likeness (QED) is 0.878. The Bertz CT molecular complexity index is 657. The lowest BCUT2D eigenvalue weighted by atomic mass is 9.77. The molecule has 1 spiro atoms. The summed E-state index contributed by atoms with van der Waals surface area (Å²) in [5, 5.41) is 9.39. The van der Waals surface area contributed by atoms with E-state index in [9.17, 15) is 0 Å². The molecule has 1 aromatic carbocycles. The van der Waals surface area contributed by atoms with E-state index in [0.717, 1.165) is 24.2 Å². The monoisotopic (exact) mass is 354 g/mol. The highest BCUT2D eigenvalue weighted by Gasteiger charge is 2.51. The Balaban J connectivity index is 2.06. The SMILES string of the molecule is COC1=CCC[C@@H](C)[C@@]12Cc1c(OC)cc(OCCO)c(Cl)c1O2. The number of aliphatic hydroxyl groups excluding tert-OH is 1. The Morgan fingerprint density at radius 3 is 2.79 bits per heavy atom. The molecule has 1 N–H and O–H groups in total. The molecule has 1 aromatic rings. The number of allylic oxidation sites excluding steroid dienone is 1. The third-order valence-electron chi connectivity index (χ3n) is 4.90. The Labute approximate surface area is 147 Å². The molecule has 1 heterocycles. The lowest BCUT2D eigenvalue weighted by Gasteiger charge is -2.38. The number of ether oxygens (including phenoxy) is 4. The molecule has 0 aromatic heterocycles. The molecule has 0 saturated carbocycles. The normalized spacial score (nSPS) is 25.0. The summed E-state index contributed by atoms with van der Waals surface area (Å²) < 4.78 is 23.1. The summed E-state index contributed by atoms with van der Waals surface area (Å²) >= 11 is 6.51. The van der Waals surface area contributed by atoms with Crippen LogP contribution >= 0.6 is 11.6 Å². The average molecular weight is 355 g/mol. The van der Waals surface area contributed by atoms with E-state index in [-0.39, 0.29) is 19.1 Å². The maximum absolute atomic E-state index is 8.98. The van der Waals surface area contributed by atoms with Crippen molar-refractivity contribution in [2.75, 3.05) is 27.4 Å². The van der Waals surface area contributed by atoms with Crippen molar-refractivity contribution in [3.63, 3.8) is 0 Å². The first-order chi connectivity index (χ1) is 11.6. The number of aliphatic hydroxyl groups is 1. The summed E-state index contributed by atoms with van der Waals surface area (Å²) in [5.41, 5.74) is 0.373. The van der Waals surface area contributed by atoms with Gasteiger partial charge in [0.2, 0.25) is 0 Å². The largest absolute Gasteiger partial charge is 0.497 e. The van der Waals surface area contributed by atoms with Crippen LogP contribution in [0.5, 0.6) is 17.2 Å². The highest BCUT2D eigenvalue weighted by molar-refractivity contribution is 6.33. The zero-order chi connectivity index (χ0) is 17.3. The molecular formula is C18H23ClO5. The number of methoxy groups -OCH3 is 2. The number of hydrogen-bond acceptors (Lipinski definition) is 5. The molecule has 3 rings (SSSR count). The van der Waals surface area contributed by atoms with Gasteiger partial charge in [0.25, 0.3) is 0 Å². The molecule has 6 heteroatoms. The minimum Gasteiger partial charge on any atom is -0.497 e. The van der Waals surface area contributed by atoms with Gasteiger partial charge in [0, 0.05) is 24.0 Å². The van der Waals surface area contributed by atoms with Gasteiger partial charge in [-0.05, 0) is 18.9 Å². The molecule has 0 unspecified atom stereocenters. The van der Waals surface area contributed by atoms with Gasteiger partial charge in [0.1, 0.15) is 34.6 Å². The van der Waals surface area contributed by atoms with E-state index in [1.807, 2.05) is 0 Å². The number of benzene rings is 1. The van der Waals surface area contributed by atoms with Gasteiger partial charge in [-0.2, -0.15) is 0 Å². The Hall–Kier alpha value is -1.59. The van der Waals surface area contributed by atoms with Crippen LogP contribution in [-0.2, 0) is 11.2 Å². The minimum atomic E-state index is -0.554. The van der Waals surface area contributed by atoms with Crippen LogP contribution in [0.15, 0.2) is 17.9 Å². The molecule has 5 nitrogen and oxygen atoms in total. The van der Waals surface area contributed by atoms with Crippen LogP contribution in [0.4, 0.5) is 0 Å². The van der Waals surface area contributed by atoms with Crippen LogP contribution in [0, 0.1) is 5.92 Å². The number of hydrogen-bond donors (Lipinski definition) is 1. The molecule has 0 fully saturated rings. The van der Waals surface area contributed by atoms with Crippen molar-refractivity contribution in [3.05, 3.63) is 28.5 Å². The van der Waals surface area contributed by atoms with Gasteiger partial charge in [0.15, 0.2) is 5.60 Å². The van der Waals surface area contributed by atoms with Crippen molar-refractivity contribution >= 4 is 11.6 Å². The third kappa shape index (κ3) is 2.60. The van der Waals surface area contributed by atoms with Gasteiger partial charge in [-0.15, -0.1) is 0 Å². The smallest absolute Gasteiger partial charge is 0.172 e. The van der Waals surface area contributed by atoms with Gasteiger partial charge in [-0.1, -0.05) is 18.5 Å². The maximum atomic E-state index is 8.98. The fourth-order valence-electron chi connectivity index (χ4n) is 3.60. The molecule has 2 aliphatic rings. The van der Waals surface area contributed by atoms with E-state index in [1.165, 1.54) is 0 Å². The zero-order valence-corrected chi connectivity index (χ0v) is 15.0. The first-order valence-corrected chi connectivity index (χ1v) is 8.51. The fraction of sp³-hybridized carbons (Fsp3) is 0.556. The van der Waals surface area contributed by atoms with Crippen molar-refractivity contribution in [1.29, 1.82) is 0 Å². The van der Waals surface area contributed by atoms with E-state index in [4.69, 9.17) is 35.7 Å². The molecular weight excluding hydrogens is 332 g/mol. The minimum absolute atomic E-state index is 0.0892. The average Bonchev–Trinajstić information content (AvgIpc) is 2.99. The maximum Gasteiger partial charge on any atom is 0.172 e. The van der Waals surface area contributed by atoms with Gasteiger partial charge in [0.05, 0.1) is 20.8 Å². The first-order valence-electron chi connectivity index (χ1n) is 8.14. The second kappa shape index (κ2) is 6.73. The third-order valence-corrected chi connectivity index (χ3v) is 5.26. The van der Waals surface area contributed by atoms with Gasteiger partial charge < -0.3 is 24.1 Å². The number of fused-ring (bicyclic) bond motifs is 1. The van der Waals surface area contributed by atoms with Crippen molar-refractivity contribution in [3.8, 4) is 17.2 Å². The summed E-state index contributed by atoms with van der Waals surface area (Å²) in [6.45, 7) is 2.24. The van der Waals surface area contributed by atoms with Gasteiger partial charge >= 0.3 is 0 Å². The predicted molar refractivity (Wildman–Crippen MR) is 91.1 cm³/mol. The summed E-state index contributed by atoms with van der Waals surface area (Å²) in [7, 11) is 3.29. The van der Waals surface area contributed by atoms with E-state index in [0.29, 0.717) is 28.7 Å². The fourth-order valence-corrected chi connectivity index (χ4v) is 3.87. The topological polar surface area (TPSA) is 57.2 Å². The summed E-state index contributed by atoms with van der Waals surface area (Å²) in [6, 6.07) is 1.75. The molecule has 1 aliphatic carbocycles. The highest BCUT2D eigenvalue weighted by Crippen LogP contribution is 2.54. The first kappa shape index (κ1) is 17.2. The van der Waals surface area contributed by atoms with E-state index in [2.05, 4.69) is 13.0 Å². The lowest BCUT2D eigenvalue weighted by molar-refractivity contribution is 0.00888. The van der Waals surface area contributed by atoms with Crippen LogP contribution < -0.4 is 14.2 Å². The van der Waals surface area contributed by atoms with Gasteiger partial charge in [-0.25, -0.2) is 0 Å². The number of halogens is 1. The van der Waals surface area contributed by atoms with Crippen molar-refractivity contribution < 1.29 is 24.1 Å². The lowest BCUT2D eigenvalue weighted by Crippen LogP contribution is -2.45. The predicted octanol–water partition coefficient (Wildman–Crippen LogP) is 3.35. The van der Waals surface area contributed by atoms with Crippen molar-refractivity contribution in [2.24, 2.45) is 5.92 Å². The van der Waals surface area contributed by atoms with Crippen molar-refractivity contribution in [1.82, 2.24) is 0 Å². The summed E-state index contributed by atoms with van der Waals surface area (Å²) in [6.07, 6.45) is 4.73. The molecule has 0 saturated heterocycles. The van der Waals surface area contributed by atoms with Crippen LogP contribution in [0.1, 0.15) is 25.3 Å². The Morgan fingerprint density at radius 2 is 2.12 bits per heavy atom. The van der Waals surface area contributed by atoms with Crippen LogP contribution in [0.2, 0.25) is 5.02 Å². The van der Waals surface area contributed by atoms with E-state index in [1.54, 1.807) is 20.3 Å². The van der Waals surface area contributed by atoms with E-state index >= 15 is 0 Å². The van der Waals surface area contributed by atoms with Crippen LogP contribution in [-0.4, -0.2) is 38.1 Å². The molecule has 132 valence electrons. The van der Waals surface area contributed by atoms with Crippen LogP contribution in [0.3, 0.4) is 0 Å². The van der Waals surface area contributed by atoms with Crippen LogP contribution in [0.25, 0.3) is 0 Å². The summed E-state index contributed by atoms with van der Waals surface area (Å²) in [4.78, 5) is 0. The Morgan fingerprint density at radius 1 is 1.33 bits per heavy atom. The summed E-state index contributed by atoms with van der Waals surface area (Å²) in [5.74, 6) is 2.83. The zero-order valence-electron chi connectivity index (χ0n) is 14.2. The molecule has 0 radical (unpaired) electrons. The molecule has 1 aliphatic heterocycles. The standard InChI is InChI=1S/C18H23ClO5/c1-11-5-4-6-15(22-3)18(11)10-12-13(21-2)9-14(23-8-7-20)16(19)17(12)24-18/h6,9,11,20H,4-5,7-8,10H2,1-3H3/t11-,18+/m1/s1. The Kier molecular flexibility index (Phi) is 4.83. The molecule has 0 bridgehead atoms. The van der Waals surface area contributed by atoms with E-state index < -0.39 is 5.60 Å². The second-order valence-corrected chi connectivity index (χ2v) is 6.57. The molecule has 0 amide bonds. The van der Waals surface area contributed by atoms with Gasteiger partial charge in [-0.3, -0.25) is 0 Å². The highest BCUT2D eigenvalue weighted by atomic mass is 35.5. The van der Waals surface area contributed by atoms with Crippen molar-refractivity contribution in [2.45, 2.75) is 31.8 Å². The molecule has 2 atom stereocenters. The molecule has 24 heavy (non-hydrogen) atoms. The second-order valence-electron chi connectivity index (χ2n) is 6.19. The number of rotatable bonds is 5.